The van der Waals surface area contributed by atoms with Crippen LogP contribution in [-0.2, 0) is 30.7 Å². The zero-order valence-corrected chi connectivity index (χ0v) is 25.7. The number of nitrogens with zero attached hydrogens (tertiary/aromatic N) is 2. The van der Waals surface area contributed by atoms with Crippen LogP contribution in [0.25, 0.3) is 0 Å². The molecule has 0 bridgehead atoms. The Morgan fingerprint density at radius 3 is 2.73 bits per heavy atom. The van der Waals surface area contributed by atoms with Crippen molar-refractivity contribution in [3.05, 3.63) is 54.1 Å². The molecule has 3 aliphatic rings. The second-order valence-corrected chi connectivity index (χ2v) is 14.0. The standard InChI is InChI=1S/C31H39N3O9S/c1-31(2,12-6-13-32)19-34(44(37,38)22-9-10-26-27(16-22)42-20-41-26)17-25(35)24(15-21-7-4-3-5-8-21)33-30(36)43-28-18-40-29-23(28)11-14-39-29/h3-5,7-10,16,23-25,28-29,35H,6,11-12,14-15,17-20H2,1-2H3,(H,33,36)/t23?,24-,25?,28?,29?/m0/s1. The van der Waals surface area contributed by atoms with Crippen LogP contribution in [0, 0.1) is 22.7 Å². The average Bonchev–Trinajstić information content (AvgIpc) is 3.74. The molecule has 12 nitrogen and oxygen atoms in total. The maximum Gasteiger partial charge on any atom is 0.407 e. The Morgan fingerprint density at radius 1 is 1.18 bits per heavy atom. The molecule has 238 valence electrons. The lowest BCUT2D eigenvalue weighted by atomic mass is 9.88. The number of fused-ring (bicyclic) bond motifs is 2. The molecule has 0 aliphatic carbocycles. The Balaban J connectivity index is 1.38. The van der Waals surface area contributed by atoms with Crippen LogP contribution >= 0.6 is 0 Å². The lowest BCUT2D eigenvalue weighted by molar-refractivity contribution is -0.0907. The molecule has 2 aromatic rings. The van der Waals surface area contributed by atoms with E-state index in [-0.39, 0.29) is 50.1 Å². The summed E-state index contributed by atoms with van der Waals surface area (Å²) in [6.45, 7) is 4.19. The number of carbonyl (C=O) groups is 1. The molecule has 3 aliphatic heterocycles. The third kappa shape index (κ3) is 7.62. The highest BCUT2D eigenvalue weighted by Crippen LogP contribution is 2.36. The first-order chi connectivity index (χ1) is 21.1. The number of nitriles is 1. The van der Waals surface area contributed by atoms with Crippen molar-refractivity contribution in [3.63, 3.8) is 0 Å². The minimum absolute atomic E-state index is 0.00715. The Kier molecular flexibility index (Phi) is 9.97. The van der Waals surface area contributed by atoms with Crippen LogP contribution in [0.2, 0.25) is 0 Å². The molecule has 0 saturated carbocycles. The highest BCUT2D eigenvalue weighted by molar-refractivity contribution is 7.89. The van der Waals surface area contributed by atoms with E-state index in [2.05, 4.69) is 11.4 Å². The predicted octanol–water partition coefficient (Wildman–Crippen LogP) is 3.20. The van der Waals surface area contributed by atoms with E-state index < -0.39 is 46.1 Å². The van der Waals surface area contributed by atoms with E-state index in [0.29, 0.717) is 30.9 Å². The fourth-order valence-electron chi connectivity index (χ4n) is 5.74. The Morgan fingerprint density at radius 2 is 1.95 bits per heavy atom. The van der Waals surface area contributed by atoms with E-state index in [4.69, 9.17) is 23.7 Å². The molecule has 44 heavy (non-hydrogen) atoms. The second kappa shape index (κ2) is 13.7. The van der Waals surface area contributed by atoms with Gasteiger partial charge in [-0.15, -0.1) is 0 Å². The van der Waals surface area contributed by atoms with E-state index in [9.17, 15) is 23.6 Å². The van der Waals surface area contributed by atoms with Gasteiger partial charge in [0, 0.05) is 25.6 Å². The van der Waals surface area contributed by atoms with Crippen LogP contribution in [0.15, 0.2) is 53.4 Å². The third-order valence-corrected chi connectivity index (χ3v) is 10.0. The maximum atomic E-state index is 14.1. The Labute approximate surface area is 257 Å². The molecule has 13 heteroatoms. The highest BCUT2D eigenvalue weighted by atomic mass is 32.2. The SMILES string of the molecule is CC(C)(CCC#N)CN(CC(O)[C@H](Cc1ccccc1)NC(=O)OC1COC2OCCC12)S(=O)(=O)c1ccc2c(c1)OCO2. The first kappa shape index (κ1) is 32.0. The summed E-state index contributed by atoms with van der Waals surface area (Å²) in [6, 6.07) is 14.9. The fraction of sp³-hybridized carbons (Fsp3) is 0.548. The number of hydrogen-bond donors (Lipinski definition) is 2. The topological polar surface area (TPSA) is 157 Å². The first-order valence-electron chi connectivity index (χ1n) is 14.7. The second-order valence-electron chi connectivity index (χ2n) is 12.1. The van der Waals surface area contributed by atoms with Gasteiger partial charge in [-0.1, -0.05) is 44.2 Å². The molecular weight excluding hydrogens is 590 g/mol. The lowest BCUT2D eigenvalue weighted by Crippen LogP contribution is -2.52. The summed E-state index contributed by atoms with van der Waals surface area (Å²) in [7, 11) is -4.16. The molecule has 0 radical (unpaired) electrons. The summed E-state index contributed by atoms with van der Waals surface area (Å²) in [4.78, 5) is 13.1. The molecule has 3 heterocycles. The van der Waals surface area contributed by atoms with Crippen LogP contribution < -0.4 is 14.8 Å². The van der Waals surface area contributed by atoms with Gasteiger partial charge in [0.15, 0.2) is 17.8 Å². The van der Waals surface area contributed by atoms with E-state index in [1.54, 1.807) is 0 Å². The van der Waals surface area contributed by atoms with Crippen LogP contribution in [0.1, 0.15) is 38.7 Å². The highest BCUT2D eigenvalue weighted by Gasteiger charge is 2.44. The normalized spacial score (nSPS) is 22.3. The average molecular weight is 630 g/mol. The van der Waals surface area contributed by atoms with E-state index in [1.807, 2.05) is 44.2 Å². The molecule has 2 saturated heterocycles. The van der Waals surface area contributed by atoms with Gasteiger partial charge < -0.3 is 34.1 Å². The lowest BCUT2D eigenvalue weighted by Gasteiger charge is -2.35. The van der Waals surface area contributed by atoms with E-state index >= 15 is 0 Å². The van der Waals surface area contributed by atoms with Gasteiger partial charge in [0.05, 0.1) is 42.2 Å². The number of carbonyl (C=O) groups excluding carboxylic acids is 1. The quantitative estimate of drug-likeness (QED) is 0.337. The van der Waals surface area contributed by atoms with Gasteiger partial charge in [-0.3, -0.25) is 0 Å². The number of ether oxygens (including phenoxy) is 5. The van der Waals surface area contributed by atoms with Crippen molar-refractivity contribution in [1.29, 1.82) is 5.26 Å². The van der Waals surface area contributed by atoms with Gasteiger partial charge in [-0.2, -0.15) is 9.57 Å². The number of aliphatic hydroxyl groups is 1. The minimum atomic E-state index is -4.16. The van der Waals surface area contributed by atoms with Gasteiger partial charge in [0.25, 0.3) is 0 Å². The summed E-state index contributed by atoms with van der Waals surface area (Å²) in [5.74, 6) is 0.697. The van der Waals surface area contributed by atoms with Crippen molar-refractivity contribution >= 4 is 16.1 Å². The summed E-state index contributed by atoms with van der Waals surface area (Å²) in [5.41, 5.74) is 0.243. The third-order valence-electron chi connectivity index (χ3n) is 8.20. The molecule has 2 N–H and O–H groups in total. The number of amides is 1. The smallest absolute Gasteiger partial charge is 0.407 e. The predicted molar refractivity (Wildman–Crippen MR) is 157 cm³/mol. The van der Waals surface area contributed by atoms with Crippen molar-refractivity contribution in [3.8, 4) is 17.6 Å². The summed E-state index contributed by atoms with van der Waals surface area (Å²) in [5, 5.41) is 23.6. The largest absolute Gasteiger partial charge is 0.454 e. The molecule has 4 unspecified atom stereocenters. The van der Waals surface area contributed by atoms with Gasteiger partial charge in [0.1, 0.15) is 6.10 Å². The number of alkyl carbamates (subject to hydrolysis) is 1. The van der Waals surface area contributed by atoms with Crippen molar-refractivity contribution in [1.82, 2.24) is 9.62 Å². The molecule has 5 rings (SSSR count). The van der Waals surface area contributed by atoms with Gasteiger partial charge in [-0.05, 0) is 42.4 Å². The fourth-order valence-corrected chi connectivity index (χ4v) is 7.40. The molecule has 1 amide bonds. The number of nitrogens with one attached hydrogen (secondary N) is 1. The minimum Gasteiger partial charge on any atom is -0.454 e. The number of aliphatic hydroxyl groups excluding tert-OH is 1. The van der Waals surface area contributed by atoms with Crippen molar-refractivity contribution in [2.24, 2.45) is 11.3 Å². The molecule has 0 spiro atoms. The Hall–Kier alpha value is -3.41. The summed E-state index contributed by atoms with van der Waals surface area (Å²) >= 11 is 0. The molecule has 2 aromatic carbocycles. The molecule has 0 aromatic heterocycles. The van der Waals surface area contributed by atoms with Crippen molar-refractivity contribution in [2.45, 2.75) is 69.0 Å². The van der Waals surface area contributed by atoms with Crippen LogP contribution in [0.4, 0.5) is 4.79 Å². The number of hydrogen-bond acceptors (Lipinski definition) is 10. The van der Waals surface area contributed by atoms with Crippen LogP contribution in [-0.4, -0.2) is 81.6 Å². The number of rotatable bonds is 13. The van der Waals surface area contributed by atoms with E-state index in [1.165, 1.54) is 22.5 Å². The summed E-state index contributed by atoms with van der Waals surface area (Å²) < 4.78 is 56.9. The summed E-state index contributed by atoms with van der Waals surface area (Å²) in [6.07, 6.45) is -1.30. The maximum absolute atomic E-state index is 14.1. The van der Waals surface area contributed by atoms with Gasteiger partial charge >= 0.3 is 6.09 Å². The molecular formula is C31H39N3O9S. The number of sulfonamides is 1. The van der Waals surface area contributed by atoms with Crippen molar-refractivity contribution < 1.29 is 42.0 Å². The zero-order chi connectivity index (χ0) is 31.3. The monoisotopic (exact) mass is 629 g/mol. The van der Waals surface area contributed by atoms with Crippen LogP contribution in [0.5, 0.6) is 11.5 Å². The Bertz CT molecular complexity index is 1450. The van der Waals surface area contributed by atoms with E-state index in [0.717, 1.165) is 5.56 Å². The van der Waals surface area contributed by atoms with Crippen LogP contribution in [0.3, 0.4) is 0 Å². The van der Waals surface area contributed by atoms with Gasteiger partial charge in [-0.25, -0.2) is 13.2 Å². The first-order valence-corrected chi connectivity index (χ1v) is 16.2. The van der Waals surface area contributed by atoms with Crippen molar-refractivity contribution in [2.75, 3.05) is 33.1 Å². The molecule has 5 atom stereocenters. The molecule has 2 fully saturated rings. The number of benzene rings is 2. The van der Waals surface area contributed by atoms with Gasteiger partial charge in [0.2, 0.25) is 16.8 Å². The zero-order valence-electron chi connectivity index (χ0n) is 24.9.